The molecule has 0 saturated heterocycles. The molecule has 0 bridgehead atoms. The molecule has 0 aliphatic heterocycles. The van der Waals surface area contributed by atoms with Crippen LogP contribution >= 0.6 is 27.3 Å². The molecular formula is C13H12BrNOS. The highest BCUT2D eigenvalue weighted by atomic mass is 79.9. The molecule has 0 spiro atoms. The molecule has 0 atom stereocenters. The third kappa shape index (κ3) is 3.41. The van der Waals surface area contributed by atoms with Gasteiger partial charge in [0.05, 0.1) is 8.66 Å². The molecule has 2 rings (SSSR count). The van der Waals surface area contributed by atoms with E-state index in [2.05, 4.69) is 21.2 Å². The second-order valence-corrected chi connectivity index (χ2v) is 6.24. The van der Waals surface area contributed by atoms with Crippen LogP contribution in [0.25, 0.3) is 0 Å². The summed E-state index contributed by atoms with van der Waals surface area (Å²) < 4.78 is 0.970. The molecule has 1 heterocycles. The fourth-order valence-electron chi connectivity index (χ4n) is 1.41. The molecule has 0 aliphatic carbocycles. The number of hydrogen-bond acceptors (Lipinski definition) is 2. The van der Waals surface area contributed by atoms with Crippen LogP contribution in [-0.2, 0) is 6.54 Å². The Morgan fingerprint density at radius 2 is 1.94 bits per heavy atom. The van der Waals surface area contributed by atoms with Gasteiger partial charge < -0.3 is 5.32 Å². The molecule has 1 aromatic heterocycles. The lowest BCUT2D eigenvalue weighted by molar-refractivity contribution is 0.0955. The Morgan fingerprint density at radius 3 is 2.53 bits per heavy atom. The third-order valence-electron chi connectivity index (χ3n) is 2.37. The molecule has 0 unspecified atom stereocenters. The molecule has 2 aromatic rings. The van der Waals surface area contributed by atoms with Gasteiger partial charge in [0.1, 0.15) is 0 Å². The number of amides is 1. The zero-order chi connectivity index (χ0) is 12.3. The average molecular weight is 310 g/mol. The Bertz CT molecular complexity index is 518. The van der Waals surface area contributed by atoms with E-state index in [-0.39, 0.29) is 5.91 Å². The van der Waals surface area contributed by atoms with E-state index in [1.54, 1.807) is 0 Å². The van der Waals surface area contributed by atoms with Crippen molar-refractivity contribution in [2.75, 3.05) is 0 Å². The van der Waals surface area contributed by atoms with E-state index < -0.39 is 0 Å². The molecule has 0 saturated carbocycles. The van der Waals surface area contributed by atoms with Crippen molar-refractivity contribution in [3.05, 3.63) is 56.2 Å². The maximum atomic E-state index is 11.8. The molecule has 0 aliphatic rings. The molecule has 1 amide bonds. The summed E-state index contributed by atoms with van der Waals surface area (Å²) >= 11 is 4.78. The number of carbonyl (C=O) groups is 1. The number of hydrogen-bond donors (Lipinski definition) is 1. The summed E-state index contributed by atoms with van der Waals surface area (Å²) in [4.78, 5) is 12.5. The monoisotopic (exact) mass is 309 g/mol. The van der Waals surface area contributed by atoms with E-state index in [9.17, 15) is 4.79 Å². The summed E-state index contributed by atoms with van der Waals surface area (Å²) in [5.74, 6) is -0.0266. The van der Waals surface area contributed by atoms with Crippen LogP contribution in [0, 0.1) is 6.92 Å². The molecule has 88 valence electrons. The predicted octanol–water partition coefficient (Wildman–Crippen LogP) is 3.75. The van der Waals surface area contributed by atoms with Crippen LogP contribution < -0.4 is 5.32 Å². The van der Waals surface area contributed by atoms with Crippen LogP contribution in [0.15, 0.2) is 40.2 Å². The first kappa shape index (κ1) is 12.3. The molecule has 0 fully saturated rings. The Kier molecular flexibility index (Phi) is 3.97. The quantitative estimate of drug-likeness (QED) is 0.919. The Labute approximate surface area is 113 Å². The van der Waals surface area contributed by atoms with Gasteiger partial charge in [0.25, 0.3) is 5.91 Å². The van der Waals surface area contributed by atoms with E-state index in [1.165, 1.54) is 16.9 Å². The molecule has 1 aromatic carbocycles. The van der Waals surface area contributed by atoms with Gasteiger partial charge in [0.15, 0.2) is 0 Å². The van der Waals surface area contributed by atoms with Crippen molar-refractivity contribution in [3.63, 3.8) is 0 Å². The van der Waals surface area contributed by atoms with E-state index >= 15 is 0 Å². The van der Waals surface area contributed by atoms with Crippen molar-refractivity contribution in [1.29, 1.82) is 0 Å². The van der Waals surface area contributed by atoms with Crippen molar-refractivity contribution < 1.29 is 4.79 Å². The lowest BCUT2D eigenvalue weighted by Gasteiger charge is -2.04. The fourth-order valence-corrected chi connectivity index (χ4v) is 2.71. The fraction of sp³-hybridized carbons (Fsp3) is 0.154. The minimum atomic E-state index is -0.0266. The van der Waals surface area contributed by atoms with E-state index in [0.29, 0.717) is 6.54 Å². The van der Waals surface area contributed by atoms with Crippen LogP contribution in [0.2, 0.25) is 0 Å². The minimum Gasteiger partial charge on any atom is -0.347 e. The minimum absolute atomic E-state index is 0.0266. The largest absolute Gasteiger partial charge is 0.347 e. The molecule has 2 nitrogen and oxygen atoms in total. The van der Waals surface area contributed by atoms with Crippen molar-refractivity contribution >= 4 is 33.2 Å². The summed E-state index contributed by atoms with van der Waals surface area (Å²) in [6.07, 6.45) is 0. The molecule has 17 heavy (non-hydrogen) atoms. The van der Waals surface area contributed by atoms with Gasteiger partial charge in [-0.2, -0.15) is 0 Å². The van der Waals surface area contributed by atoms with Crippen LogP contribution in [-0.4, -0.2) is 5.91 Å². The van der Waals surface area contributed by atoms with Gasteiger partial charge >= 0.3 is 0 Å². The van der Waals surface area contributed by atoms with Gasteiger partial charge in [-0.25, -0.2) is 0 Å². The number of halogens is 1. The zero-order valence-corrected chi connectivity index (χ0v) is 11.8. The smallest absolute Gasteiger partial charge is 0.261 e. The van der Waals surface area contributed by atoms with Crippen LogP contribution in [0.5, 0.6) is 0 Å². The van der Waals surface area contributed by atoms with Crippen LogP contribution in [0.3, 0.4) is 0 Å². The highest BCUT2D eigenvalue weighted by Crippen LogP contribution is 2.21. The Morgan fingerprint density at radius 1 is 1.24 bits per heavy atom. The zero-order valence-electron chi connectivity index (χ0n) is 9.37. The number of thiophene rings is 1. The molecular weight excluding hydrogens is 298 g/mol. The number of nitrogens with one attached hydrogen (secondary N) is 1. The Balaban J connectivity index is 1.94. The first-order valence-electron chi connectivity index (χ1n) is 5.24. The highest BCUT2D eigenvalue weighted by molar-refractivity contribution is 9.11. The summed E-state index contributed by atoms with van der Waals surface area (Å²) in [5.41, 5.74) is 2.34. The lowest BCUT2D eigenvalue weighted by atomic mass is 10.1. The lowest BCUT2D eigenvalue weighted by Crippen LogP contribution is -2.21. The van der Waals surface area contributed by atoms with Gasteiger partial charge in [0.2, 0.25) is 0 Å². The second-order valence-electron chi connectivity index (χ2n) is 3.77. The van der Waals surface area contributed by atoms with Gasteiger partial charge in [-0.05, 0) is 40.5 Å². The van der Waals surface area contributed by atoms with Gasteiger partial charge in [-0.15, -0.1) is 11.3 Å². The van der Waals surface area contributed by atoms with E-state index in [1.807, 2.05) is 43.3 Å². The maximum absolute atomic E-state index is 11.8. The SMILES string of the molecule is Cc1ccc(CNC(=O)c2ccc(Br)s2)cc1. The van der Waals surface area contributed by atoms with Crippen molar-refractivity contribution in [2.24, 2.45) is 0 Å². The van der Waals surface area contributed by atoms with Gasteiger partial charge in [-0.3, -0.25) is 4.79 Å². The maximum Gasteiger partial charge on any atom is 0.261 e. The van der Waals surface area contributed by atoms with E-state index in [0.717, 1.165) is 14.2 Å². The molecule has 4 heteroatoms. The first-order chi connectivity index (χ1) is 8.15. The third-order valence-corrected chi connectivity index (χ3v) is 3.99. The second kappa shape index (κ2) is 5.47. The standard InChI is InChI=1S/C13H12BrNOS/c1-9-2-4-10(5-3-9)8-15-13(16)11-6-7-12(14)17-11/h2-7H,8H2,1H3,(H,15,16). The molecule has 0 radical (unpaired) electrons. The summed E-state index contributed by atoms with van der Waals surface area (Å²) in [5, 5.41) is 2.90. The summed E-state index contributed by atoms with van der Waals surface area (Å²) in [6, 6.07) is 11.8. The Hall–Kier alpha value is -1.13. The number of carbonyl (C=O) groups excluding carboxylic acids is 1. The van der Waals surface area contributed by atoms with E-state index in [4.69, 9.17) is 0 Å². The average Bonchev–Trinajstić information content (AvgIpc) is 2.75. The summed E-state index contributed by atoms with van der Waals surface area (Å²) in [7, 11) is 0. The normalized spacial score (nSPS) is 10.2. The predicted molar refractivity (Wildman–Crippen MR) is 74.4 cm³/mol. The topological polar surface area (TPSA) is 29.1 Å². The highest BCUT2D eigenvalue weighted by Gasteiger charge is 2.07. The first-order valence-corrected chi connectivity index (χ1v) is 6.85. The van der Waals surface area contributed by atoms with Crippen molar-refractivity contribution in [2.45, 2.75) is 13.5 Å². The van der Waals surface area contributed by atoms with Crippen molar-refractivity contribution in [3.8, 4) is 0 Å². The number of rotatable bonds is 3. The van der Waals surface area contributed by atoms with Crippen molar-refractivity contribution in [1.82, 2.24) is 5.32 Å². The van der Waals surface area contributed by atoms with Crippen LogP contribution in [0.1, 0.15) is 20.8 Å². The molecule has 1 N–H and O–H groups in total. The number of aryl methyl sites for hydroxylation is 1. The van der Waals surface area contributed by atoms with Gasteiger partial charge in [0, 0.05) is 6.54 Å². The van der Waals surface area contributed by atoms with Gasteiger partial charge in [-0.1, -0.05) is 29.8 Å². The van der Waals surface area contributed by atoms with Crippen LogP contribution in [0.4, 0.5) is 0 Å². The number of benzene rings is 1. The summed E-state index contributed by atoms with van der Waals surface area (Å²) in [6.45, 7) is 2.61.